The van der Waals surface area contributed by atoms with Gasteiger partial charge in [0.15, 0.2) is 0 Å². The van der Waals surface area contributed by atoms with Crippen molar-refractivity contribution in [2.75, 3.05) is 6.54 Å². The third kappa shape index (κ3) is 4.18. The van der Waals surface area contributed by atoms with Gasteiger partial charge in [-0.2, -0.15) is 5.10 Å². The number of aromatic nitrogens is 2. The largest absolute Gasteiger partial charge is 0.310 e. The van der Waals surface area contributed by atoms with E-state index in [9.17, 15) is 0 Å². The summed E-state index contributed by atoms with van der Waals surface area (Å²) in [5.74, 6) is 0. The van der Waals surface area contributed by atoms with Crippen molar-refractivity contribution in [3.8, 4) is 0 Å². The minimum absolute atomic E-state index is 0.329. The zero-order valence-corrected chi connectivity index (χ0v) is 13.9. The second kappa shape index (κ2) is 7.04. The molecule has 1 atom stereocenters. The van der Waals surface area contributed by atoms with Crippen LogP contribution in [-0.4, -0.2) is 16.3 Å². The first-order chi connectivity index (χ1) is 9.58. The number of nitrogens with zero attached hydrogens (tertiary/aromatic N) is 2. The number of halogens is 1. The van der Waals surface area contributed by atoms with Gasteiger partial charge in [-0.05, 0) is 55.1 Å². The summed E-state index contributed by atoms with van der Waals surface area (Å²) in [5, 5.41) is 7.90. The first kappa shape index (κ1) is 15.3. The summed E-state index contributed by atoms with van der Waals surface area (Å²) in [7, 11) is 1.96. The summed E-state index contributed by atoms with van der Waals surface area (Å²) in [6.07, 6.45) is 6.14. The van der Waals surface area contributed by atoms with Crippen LogP contribution in [0.25, 0.3) is 0 Å². The molecule has 0 spiro atoms. The van der Waals surface area contributed by atoms with Crippen molar-refractivity contribution < 1.29 is 0 Å². The summed E-state index contributed by atoms with van der Waals surface area (Å²) < 4.78 is 3.00. The van der Waals surface area contributed by atoms with Crippen LogP contribution in [0.1, 0.15) is 36.1 Å². The van der Waals surface area contributed by atoms with Crippen molar-refractivity contribution in [3.63, 3.8) is 0 Å². The Bertz CT molecular complexity index is 542. The normalized spacial score (nSPS) is 12.6. The Kier molecular flexibility index (Phi) is 5.38. The SMILES string of the molecule is CCCNC(Cc1cnn(C)c1)c1cc(C)cc(Br)c1. The molecule has 0 aliphatic heterocycles. The van der Waals surface area contributed by atoms with Crippen LogP contribution in [0, 0.1) is 6.92 Å². The molecule has 0 bridgehead atoms. The number of hydrogen-bond acceptors (Lipinski definition) is 2. The van der Waals surface area contributed by atoms with E-state index in [1.165, 1.54) is 16.7 Å². The standard InChI is InChI=1S/C16H22BrN3/c1-4-5-18-16(8-13-10-19-20(3)11-13)14-6-12(2)7-15(17)9-14/h6-7,9-11,16,18H,4-5,8H2,1-3H3. The van der Waals surface area contributed by atoms with E-state index in [2.05, 4.69) is 64.6 Å². The molecule has 1 N–H and O–H groups in total. The molecule has 0 amide bonds. The van der Waals surface area contributed by atoms with E-state index in [1.54, 1.807) is 0 Å². The Labute approximate surface area is 129 Å². The quantitative estimate of drug-likeness (QED) is 0.870. The highest BCUT2D eigenvalue weighted by Crippen LogP contribution is 2.23. The van der Waals surface area contributed by atoms with Crippen molar-refractivity contribution in [2.24, 2.45) is 7.05 Å². The lowest BCUT2D eigenvalue weighted by atomic mass is 9.99. The van der Waals surface area contributed by atoms with Gasteiger partial charge in [0.25, 0.3) is 0 Å². The molecule has 0 aliphatic carbocycles. The molecule has 0 aliphatic rings. The molecule has 20 heavy (non-hydrogen) atoms. The van der Waals surface area contributed by atoms with Crippen LogP contribution in [0.15, 0.2) is 35.1 Å². The van der Waals surface area contributed by atoms with E-state index >= 15 is 0 Å². The molecule has 2 rings (SSSR count). The first-order valence-corrected chi connectivity index (χ1v) is 7.85. The van der Waals surface area contributed by atoms with E-state index in [4.69, 9.17) is 0 Å². The number of hydrogen-bond donors (Lipinski definition) is 1. The van der Waals surface area contributed by atoms with E-state index in [0.717, 1.165) is 23.9 Å². The maximum atomic E-state index is 4.26. The third-order valence-electron chi connectivity index (χ3n) is 3.31. The van der Waals surface area contributed by atoms with Crippen molar-refractivity contribution in [1.29, 1.82) is 0 Å². The van der Waals surface area contributed by atoms with Crippen molar-refractivity contribution in [1.82, 2.24) is 15.1 Å². The van der Waals surface area contributed by atoms with E-state index in [0.29, 0.717) is 6.04 Å². The average molecular weight is 336 g/mol. The maximum Gasteiger partial charge on any atom is 0.0522 e. The lowest BCUT2D eigenvalue weighted by molar-refractivity contribution is 0.528. The van der Waals surface area contributed by atoms with Gasteiger partial charge in [-0.1, -0.05) is 28.9 Å². The summed E-state index contributed by atoms with van der Waals surface area (Å²) in [4.78, 5) is 0. The molecule has 3 nitrogen and oxygen atoms in total. The van der Waals surface area contributed by atoms with Gasteiger partial charge in [0.05, 0.1) is 6.20 Å². The summed E-state index contributed by atoms with van der Waals surface area (Å²) in [6.45, 7) is 5.35. The van der Waals surface area contributed by atoms with E-state index < -0.39 is 0 Å². The molecule has 0 fully saturated rings. The maximum absolute atomic E-state index is 4.26. The summed E-state index contributed by atoms with van der Waals surface area (Å²) >= 11 is 3.59. The zero-order valence-electron chi connectivity index (χ0n) is 12.4. The van der Waals surface area contributed by atoms with Crippen LogP contribution in [0.3, 0.4) is 0 Å². The average Bonchev–Trinajstić information content (AvgIpc) is 2.79. The predicted molar refractivity (Wildman–Crippen MR) is 86.8 cm³/mol. The van der Waals surface area contributed by atoms with Gasteiger partial charge < -0.3 is 5.32 Å². The molecule has 4 heteroatoms. The Balaban J connectivity index is 2.21. The van der Waals surface area contributed by atoms with Gasteiger partial charge in [-0.25, -0.2) is 0 Å². The molecule has 1 unspecified atom stereocenters. The highest BCUT2D eigenvalue weighted by molar-refractivity contribution is 9.10. The minimum Gasteiger partial charge on any atom is -0.310 e. The second-order valence-electron chi connectivity index (χ2n) is 5.30. The zero-order chi connectivity index (χ0) is 14.5. The molecule has 108 valence electrons. The van der Waals surface area contributed by atoms with Crippen LogP contribution in [0.2, 0.25) is 0 Å². The van der Waals surface area contributed by atoms with Crippen LogP contribution < -0.4 is 5.32 Å². The third-order valence-corrected chi connectivity index (χ3v) is 3.76. The monoisotopic (exact) mass is 335 g/mol. The minimum atomic E-state index is 0.329. The number of rotatable bonds is 6. The molecule has 0 saturated heterocycles. The lowest BCUT2D eigenvalue weighted by Gasteiger charge is -2.19. The van der Waals surface area contributed by atoms with Gasteiger partial charge in [-0.3, -0.25) is 4.68 Å². The summed E-state index contributed by atoms with van der Waals surface area (Å²) in [6, 6.07) is 6.94. The first-order valence-electron chi connectivity index (χ1n) is 7.06. The highest BCUT2D eigenvalue weighted by atomic mass is 79.9. The number of nitrogens with one attached hydrogen (secondary N) is 1. The Morgan fingerprint density at radius 2 is 2.15 bits per heavy atom. The van der Waals surface area contributed by atoms with Crippen molar-refractivity contribution >= 4 is 15.9 Å². The Morgan fingerprint density at radius 1 is 1.35 bits per heavy atom. The van der Waals surface area contributed by atoms with Crippen molar-refractivity contribution in [2.45, 2.75) is 32.7 Å². The highest BCUT2D eigenvalue weighted by Gasteiger charge is 2.13. The second-order valence-corrected chi connectivity index (χ2v) is 6.21. The molecular weight excluding hydrogens is 314 g/mol. The molecule has 0 radical (unpaired) electrons. The topological polar surface area (TPSA) is 29.9 Å². The number of benzene rings is 1. The number of aryl methyl sites for hydroxylation is 2. The van der Waals surface area contributed by atoms with Gasteiger partial charge in [0.1, 0.15) is 0 Å². The van der Waals surface area contributed by atoms with Crippen molar-refractivity contribution in [3.05, 3.63) is 51.8 Å². The molecular formula is C16H22BrN3. The molecule has 1 aromatic heterocycles. The van der Waals surface area contributed by atoms with Gasteiger partial charge in [0, 0.05) is 23.8 Å². The lowest BCUT2D eigenvalue weighted by Crippen LogP contribution is -2.24. The molecule has 0 saturated carbocycles. The smallest absolute Gasteiger partial charge is 0.0522 e. The fraction of sp³-hybridized carbons (Fsp3) is 0.438. The van der Waals surface area contributed by atoms with E-state index in [-0.39, 0.29) is 0 Å². The van der Waals surface area contributed by atoms with Crippen LogP contribution in [0.4, 0.5) is 0 Å². The van der Waals surface area contributed by atoms with E-state index in [1.807, 2.05) is 17.9 Å². The fourth-order valence-electron chi connectivity index (χ4n) is 2.41. The predicted octanol–water partition coefficient (Wildman–Crippen LogP) is 3.77. The van der Waals surface area contributed by atoms with Crippen LogP contribution in [-0.2, 0) is 13.5 Å². The Hall–Kier alpha value is -1.13. The van der Waals surface area contributed by atoms with Gasteiger partial charge in [0.2, 0.25) is 0 Å². The summed E-state index contributed by atoms with van der Waals surface area (Å²) in [5.41, 5.74) is 3.87. The molecule has 2 aromatic rings. The molecule has 1 heterocycles. The Morgan fingerprint density at radius 3 is 2.75 bits per heavy atom. The molecule has 1 aromatic carbocycles. The van der Waals surface area contributed by atoms with Gasteiger partial charge in [-0.15, -0.1) is 0 Å². The van der Waals surface area contributed by atoms with Crippen LogP contribution >= 0.6 is 15.9 Å². The van der Waals surface area contributed by atoms with Crippen LogP contribution in [0.5, 0.6) is 0 Å². The fourth-order valence-corrected chi connectivity index (χ4v) is 3.03. The van der Waals surface area contributed by atoms with Gasteiger partial charge >= 0.3 is 0 Å².